The van der Waals surface area contributed by atoms with Gasteiger partial charge in [0.25, 0.3) is 5.91 Å². The molecule has 0 bridgehead atoms. The molecular formula is C33H36Cl2FN5O3. The van der Waals surface area contributed by atoms with Crippen molar-refractivity contribution in [2.24, 2.45) is 15.9 Å². The van der Waals surface area contributed by atoms with Crippen molar-refractivity contribution in [1.29, 1.82) is 0 Å². The van der Waals surface area contributed by atoms with E-state index < -0.39 is 17.6 Å². The number of fused-ring (bicyclic) bond motifs is 1. The highest BCUT2D eigenvalue weighted by molar-refractivity contribution is 6.30. The Labute approximate surface area is 267 Å². The fraction of sp³-hybridized carbons (Fsp3) is 0.333. The summed E-state index contributed by atoms with van der Waals surface area (Å²) in [7, 11) is 1.43. The number of likely N-dealkylation sites (tertiary alicyclic amines) is 1. The zero-order valence-corrected chi connectivity index (χ0v) is 26.3. The molecule has 1 amide bonds. The lowest BCUT2D eigenvalue weighted by molar-refractivity contribution is -0.0330. The molecule has 2 aromatic carbocycles. The van der Waals surface area contributed by atoms with Crippen LogP contribution in [0.2, 0.25) is 10.0 Å². The maximum atomic E-state index is 15.5. The predicted molar refractivity (Wildman–Crippen MR) is 173 cm³/mol. The van der Waals surface area contributed by atoms with Gasteiger partial charge in [0.05, 0.1) is 35.1 Å². The summed E-state index contributed by atoms with van der Waals surface area (Å²) in [6.07, 6.45) is 7.01. The zero-order chi connectivity index (χ0) is 31.7. The molecule has 0 aliphatic carbocycles. The Morgan fingerprint density at radius 1 is 1.16 bits per heavy atom. The number of methoxy groups -OCH3 is 1. The number of amides is 1. The molecule has 1 aromatic heterocycles. The minimum Gasteiger partial charge on any atom is -0.385 e. The SMILES string of the molecule is C=N/C=C\C=N/CN1CCC(C(C)(O)c2cc(F)c3c(c2)C(=O)N(Cc2ccc(Cl)cn2)[C@@H]3OC)CC1.Clc1ccccc1. The first-order chi connectivity index (χ1) is 21.1. The first kappa shape index (κ1) is 33.4. The van der Waals surface area contributed by atoms with Crippen LogP contribution >= 0.6 is 23.2 Å². The number of rotatable bonds is 9. The summed E-state index contributed by atoms with van der Waals surface area (Å²) in [5.74, 6) is -1.05. The van der Waals surface area contributed by atoms with Gasteiger partial charge in [-0.05, 0) is 80.4 Å². The van der Waals surface area contributed by atoms with Crippen LogP contribution in [0.4, 0.5) is 4.39 Å². The summed E-state index contributed by atoms with van der Waals surface area (Å²) in [5.41, 5.74) is 0.0541. The van der Waals surface area contributed by atoms with E-state index in [0.717, 1.165) is 18.1 Å². The average Bonchev–Trinajstić information content (AvgIpc) is 3.29. The number of aliphatic imine (C=N–C) groups is 2. The smallest absolute Gasteiger partial charge is 0.257 e. The van der Waals surface area contributed by atoms with Gasteiger partial charge in [-0.3, -0.25) is 24.7 Å². The van der Waals surface area contributed by atoms with E-state index in [4.69, 9.17) is 27.9 Å². The standard InChI is InChI=1S/C27H31ClFN5O3.C6H5Cl/c1-27(36,18-7-11-33(12-8-18)17-31-10-4-9-30-2)19-13-22-24(23(29)14-19)26(37-3)34(25(22)35)16-21-6-5-20(28)15-32-21;7-6-4-2-1-3-5-6/h4-6,9-10,13-15,18,26,36H,2,7-8,11-12,16-17H2,1,3H3;1-5H/b9-4-,31-10-;/t26-,27?;/m1./s1. The number of ether oxygens (including phenoxy) is 1. The van der Waals surface area contributed by atoms with Gasteiger partial charge in [0.15, 0.2) is 6.23 Å². The van der Waals surface area contributed by atoms with Gasteiger partial charge in [0.1, 0.15) is 5.82 Å². The lowest BCUT2D eigenvalue weighted by atomic mass is 9.76. The lowest BCUT2D eigenvalue weighted by Crippen LogP contribution is -2.42. The van der Waals surface area contributed by atoms with Crippen molar-refractivity contribution in [3.63, 3.8) is 0 Å². The zero-order valence-electron chi connectivity index (χ0n) is 24.7. The Morgan fingerprint density at radius 2 is 1.89 bits per heavy atom. The van der Waals surface area contributed by atoms with E-state index in [-0.39, 0.29) is 29.5 Å². The van der Waals surface area contributed by atoms with Gasteiger partial charge in [-0.2, -0.15) is 0 Å². The van der Waals surface area contributed by atoms with Crippen molar-refractivity contribution in [2.75, 3.05) is 26.9 Å². The molecule has 11 heteroatoms. The summed E-state index contributed by atoms with van der Waals surface area (Å²) in [6, 6.07) is 15.8. The molecule has 2 aliphatic rings. The largest absolute Gasteiger partial charge is 0.385 e. The van der Waals surface area contributed by atoms with Gasteiger partial charge in [-0.1, -0.05) is 41.4 Å². The maximum Gasteiger partial charge on any atom is 0.257 e. The molecular weight excluding hydrogens is 604 g/mol. The van der Waals surface area contributed by atoms with Crippen molar-refractivity contribution in [3.8, 4) is 0 Å². The van der Waals surface area contributed by atoms with E-state index in [2.05, 4.69) is 26.6 Å². The molecule has 2 atom stereocenters. The molecule has 1 saturated heterocycles. The fourth-order valence-corrected chi connectivity index (χ4v) is 5.70. The van der Waals surface area contributed by atoms with Gasteiger partial charge >= 0.3 is 0 Å². The third kappa shape index (κ3) is 8.16. The molecule has 1 N–H and O–H groups in total. The number of allylic oxidation sites excluding steroid dienone is 1. The maximum absolute atomic E-state index is 15.5. The number of aromatic nitrogens is 1. The number of benzene rings is 2. The molecule has 3 heterocycles. The Morgan fingerprint density at radius 3 is 2.48 bits per heavy atom. The van der Waals surface area contributed by atoms with Crippen molar-refractivity contribution in [3.05, 3.63) is 111 Å². The molecule has 2 aliphatic heterocycles. The van der Waals surface area contributed by atoms with Crippen molar-refractivity contribution < 1.29 is 19.0 Å². The third-order valence-corrected chi connectivity index (χ3v) is 8.34. The van der Waals surface area contributed by atoms with Gasteiger partial charge < -0.3 is 14.7 Å². The quantitative estimate of drug-likeness (QED) is 0.264. The highest BCUT2D eigenvalue weighted by Gasteiger charge is 2.43. The molecule has 1 fully saturated rings. The minimum absolute atomic E-state index is 0.0980. The topological polar surface area (TPSA) is 90.6 Å². The summed E-state index contributed by atoms with van der Waals surface area (Å²) in [5, 5.41) is 12.8. The van der Waals surface area contributed by atoms with Crippen LogP contribution in [0.25, 0.3) is 0 Å². The Hall–Kier alpha value is -3.47. The van der Waals surface area contributed by atoms with Gasteiger partial charge in [0, 0.05) is 49.4 Å². The number of halogens is 3. The Kier molecular flexibility index (Phi) is 11.8. The number of pyridine rings is 1. The first-order valence-corrected chi connectivity index (χ1v) is 15.0. The van der Waals surface area contributed by atoms with Crippen LogP contribution < -0.4 is 0 Å². The number of carbonyl (C=O) groups excluding carboxylic acids is 1. The lowest BCUT2D eigenvalue weighted by Gasteiger charge is -2.39. The highest BCUT2D eigenvalue weighted by atomic mass is 35.5. The molecule has 0 spiro atoms. The summed E-state index contributed by atoms with van der Waals surface area (Å²) in [4.78, 5) is 29.2. The molecule has 5 rings (SSSR count). The Balaban J connectivity index is 0.000000555. The van der Waals surface area contributed by atoms with Crippen molar-refractivity contribution in [2.45, 2.75) is 38.1 Å². The van der Waals surface area contributed by atoms with E-state index in [0.29, 0.717) is 35.8 Å². The van der Waals surface area contributed by atoms with E-state index in [1.807, 2.05) is 30.3 Å². The monoisotopic (exact) mass is 639 g/mol. The normalized spacial score (nSPS) is 18.7. The summed E-state index contributed by atoms with van der Waals surface area (Å²) in [6.45, 7) is 7.26. The van der Waals surface area contributed by atoms with Gasteiger partial charge in [0.2, 0.25) is 0 Å². The van der Waals surface area contributed by atoms with Crippen molar-refractivity contribution in [1.82, 2.24) is 14.8 Å². The summed E-state index contributed by atoms with van der Waals surface area (Å²) >= 11 is 11.5. The van der Waals surface area contributed by atoms with Crippen LogP contribution in [0.15, 0.2) is 83.1 Å². The van der Waals surface area contributed by atoms with E-state index in [9.17, 15) is 9.90 Å². The number of aliphatic hydroxyl groups is 1. The summed E-state index contributed by atoms with van der Waals surface area (Å²) < 4.78 is 21.0. The molecule has 3 aromatic rings. The van der Waals surface area contributed by atoms with Gasteiger partial charge in [-0.25, -0.2) is 4.39 Å². The number of piperidine rings is 1. The van der Waals surface area contributed by atoms with Crippen LogP contribution in [0.3, 0.4) is 0 Å². The van der Waals surface area contributed by atoms with Crippen molar-refractivity contribution >= 4 is 42.0 Å². The Bertz CT molecular complexity index is 1480. The van der Waals surface area contributed by atoms with Crippen LogP contribution in [0.5, 0.6) is 0 Å². The molecule has 44 heavy (non-hydrogen) atoms. The second-order valence-corrected chi connectivity index (χ2v) is 11.6. The average molecular weight is 641 g/mol. The number of nitrogens with zero attached hydrogens (tertiary/aromatic N) is 5. The predicted octanol–water partition coefficient (Wildman–Crippen LogP) is 6.68. The minimum atomic E-state index is -1.31. The molecule has 0 radical (unpaired) electrons. The molecule has 0 saturated carbocycles. The van der Waals surface area contributed by atoms with Crippen LogP contribution in [-0.2, 0) is 16.9 Å². The third-order valence-electron chi connectivity index (χ3n) is 7.86. The highest BCUT2D eigenvalue weighted by Crippen LogP contribution is 2.42. The van der Waals surface area contributed by atoms with Crippen LogP contribution in [0, 0.1) is 11.7 Å². The fourth-order valence-electron chi connectivity index (χ4n) is 5.44. The van der Waals surface area contributed by atoms with E-state index >= 15 is 4.39 Å². The number of hydrogen-bond acceptors (Lipinski definition) is 7. The number of hydrogen-bond donors (Lipinski definition) is 1. The second kappa shape index (κ2) is 15.5. The molecule has 1 unspecified atom stereocenters. The first-order valence-electron chi connectivity index (χ1n) is 14.2. The molecule has 232 valence electrons. The molecule has 8 nitrogen and oxygen atoms in total. The second-order valence-electron chi connectivity index (χ2n) is 10.7. The van der Waals surface area contributed by atoms with E-state index in [1.165, 1.54) is 24.3 Å². The van der Waals surface area contributed by atoms with E-state index in [1.54, 1.807) is 43.6 Å². The van der Waals surface area contributed by atoms with Gasteiger partial charge in [-0.15, -0.1) is 0 Å². The van der Waals surface area contributed by atoms with Crippen LogP contribution in [-0.4, -0.2) is 65.6 Å². The number of carbonyl (C=O) groups is 1. The van der Waals surface area contributed by atoms with Crippen LogP contribution in [0.1, 0.15) is 53.2 Å².